The molecular formula is C15H15N3O4S. The van der Waals surface area contributed by atoms with E-state index < -0.39 is 16.8 Å². The fourth-order valence-corrected chi connectivity index (χ4v) is 3.45. The Balaban J connectivity index is 2.07. The Morgan fingerprint density at radius 3 is 2.65 bits per heavy atom. The maximum atomic E-state index is 12.5. The first-order chi connectivity index (χ1) is 11.0. The molecule has 23 heavy (non-hydrogen) atoms. The molecule has 0 amide bonds. The molecule has 7 nitrogen and oxygen atoms in total. The van der Waals surface area contributed by atoms with Crippen LogP contribution in [0.25, 0.3) is 0 Å². The summed E-state index contributed by atoms with van der Waals surface area (Å²) in [7, 11) is 1.97. The van der Waals surface area contributed by atoms with E-state index in [2.05, 4.69) is 4.98 Å². The molecule has 1 atom stereocenters. The van der Waals surface area contributed by atoms with E-state index in [-0.39, 0.29) is 22.3 Å². The third kappa shape index (κ3) is 2.77. The van der Waals surface area contributed by atoms with Crippen molar-refractivity contribution in [3.63, 3.8) is 0 Å². The van der Waals surface area contributed by atoms with Crippen LogP contribution in [0, 0.1) is 0 Å². The Morgan fingerprint density at radius 1 is 1.30 bits per heavy atom. The lowest BCUT2D eigenvalue weighted by atomic mass is 10.2. The minimum atomic E-state index is -1.36. The fourth-order valence-electron chi connectivity index (χ4n) is 2.32. The van der Waals surface area contributed by atoms with Gasteiger partial charge in [-0.25, -0.2) is 4.79 Å². The van der Waals surface area contributed by atoms with Crippen molar-refractivity contribution in [2.45, 2.75) is 11.7 Å². The lowest BCUT2D eigenvalue weighted by Gasteiger charge is -2.16. The summed E-state index contributed by atoms with van der Waals surface area (Å²) >= 11 is 0. The van der Waals surface area contributed by atoms with Gasteiger partial charge in [0, 0.05) is 26.4 Å². The molecule has 0 N–H and O–H groups in total. The van der Waals surface area contributed by atoms with Crippen molar-refractivity contribution in [3.8, 4) is 5.88 Å². The van der Waals surface area contributed by atoms with Crippen LogP contribution in [-0.4, -0.2) is 39.6 Å². The fraction of sp³-hybridized carbons (Fsp3) is 0.267. The number of aromatic nitrogens is 2. The average molecular weight is 333 g/mol. The number of carbonyl (C=O) groups is 1. The van der Waals surface area contributed by atoms with Crippen LogP contribution in [0.1, 0.15) is 10.4 Å². The second-order valence-corrected chi connectivity index (χ2v) is 6.67. The van der Waals surface area contributed by atoms with Crippen LogP contribution in [0.4, 0.5) is 5.69 Å². The lowest BCUT2D eigenvalue weighted by Crippen LogP contribution is -2.29. The molecule has 0 fully saturated rings. The maximum absolute atomic E-state index is 12.5. The summed E-state index contributed by atoms with van der Waals surface area (Å²) in [5.41, 5.74) is 0.152. The SMILES string of the molecule is CN(C)c1c(OC(=O)c2ccccc2)nc2n(c1=O)CCS2=O. The standard InChI is InChI=1S/C15H15N3O4S/c1-17(2)11-12(22-14(20)10-6-4-3-5-7-10)16-15-18(13(11)19)8-9-23(15)21/h3-7H,8-9H2,1-2H3. The van der Waals surface area contributed by atoms with Crippen molar-refractivity contribution in [1.82, 2.24) is 9.55 Å². The largest absolute Gasteiger partial charge is 0.401 e. The Hall–Kier alpha value is -2.48. The van der Waals surface area contributed by atoms with Crippen LogP contribution in [0.2, 0.25) is 0 Å². The highest BCUT2D eigenvalue weighted by atomic mass is 32.2. The molecule has 3 rings (SSSR count). The summed E-state index contributed by atoms with van der Waals surface area (Å²) in [6.07, 6.45) is 0. The zero-order chi connectivity index (χ0) is 16.6. The predicted molar refractivity (Wildman–Crippen MR) is 85.5 cm³/mol. The molecule has 0 radical (unpaired) electrons. The smallest absolute Gasteiger partial charge is 0.344 e. The number of fused-ring (bicyclic) bond motifs is 1. The van der Waals surface area contributed by atoms with Gasteiger partial charge in [0.2, 0.25) is 5.16 Å². The van der Waals surface area contributed by atoms with E-state index in [1.807, 2.05) is 0 Å². The summed E-state index contributed by atoms with van der Waals surface area (Å²) in [4.78, 5) is 30.5. The van der Waals surface area contributed by atoms with Crippen LogP contribution in [0.5, 0.6) is 5.88 Å². The van der Waals surface area contributed by atoms with Gasteiger partial charge < -0.3 is 9.64 Å². The molecule has 0 bridgehead atoms. The van der Waals surface area contributed by atoms with E-state index >= 15 is 0 Å². The Morgan fingerprint density at radius 2 is 2.00 bits per heavy atom. The van der Waals surface area contributed by atoms with Crippen molar-refractivity contribution in [2.75, 3.05) is 24.7 Å². The van der Waals surface area contributed by atoms with Crippen molar-refractivity contribution in [3.05, 3.63) is 46.2 Å². The molecule has 0 saturated heterocycles. The molecule has 2 heterocycles. The summed E-state index contributed by atoms with van der Waals surface area (Å²) in [5, 5.41) is 0.150. The number of rotatable bonds is 3. The van der Waals surface area contributed by atoms with Gasteiger partial charge in [-0.15, -0.1) is 0 Å². The topological polar surface area (TPSA) is 81.5 Å². The highest BCUT2D eigenvalue weighted by molar-refractivity contribution is 7.85. The number of anilines is 1. The van der Waals surface area contributed by atoms with Gasteiger partial charge in [0.15, 0.2) is 5.69 Å². The average Bonchev–Trinajstić information content (AvgIpc) is 2.89. The van der Waals surface area contributed by atoms with E-state index in [0.29, 0.717) is 17.9 Å². The van der Waals surface area contributed by atoms with E-state index in [0.717, 1.165) is 0 Å². The number of hydrogen-bond donors (Lipinski definition) is 0. The van der Waals surface area contributed by atoms with Gasteiger partial charge in [0.1, 0.15) is 0 Å². The first kappa shape index (κ1) is 15.4. The van der Waals surface area contributed by atoms with Gasteiger partial charge in [-0.2, -0.15) is 4.98 Å². The van der Waals surface area contributed by atoms with Gasteiger partial charge in [0.05, 0.1) is 16.4 Å². The van der Waals surface area contributed by atoms with Crippen LogP contribution in [-0.2, 0) is 17.3 Å². The van der Waals surface area contributed by atoms with Gasteiger partial charge >= 0.3 is 5.97 Å². The molecule has 1 aliphatic rings. The van der Waals surface area contributed by atoms with E-state index in [9.17, 15) is 13.8 Å². The highest BCUT2D eigenvalue weighted by Gasteiger charge is 2.28. The number of carbonyl (C=O) groups excluding carboxylic acids is 1. The van der Waals surface area contributed by atoms with Gasteiger partial charge in [-0.3, -0.25) is 13.6 Å². The number of esters is 1. The van der Waals surface area contributed by atoms with E-state index in [1.165, 1.54) is 9.47 Å². The first-order valence-corrected chi connectivity index (χ1v) is 8.28. The monoisotopic (exact) mass is 333 g/mol. The lowest BCUT2D eigenvalue weighted by molar-refractivity contribution is 0.0726. The Kier molecular flexibility index (Phi) is 3.99. The quantitative estimate of drug-likeness (QED) is 0.606. The van der Waals surface area contributed by atoms with Crippen LogP contribution in [0.3, 0.4) is 0 Å². The number of nitrogens with zero attached hydrogens (tertiary/aromatic N) is 3. The Labute approximate surface area is 135 Å². The molecule has 1 unspecified atom stereocenters. The molecule has 8 heteroatoms. The number of benzene rings is 1. The van der Waals surface area contributed by atoms with Gasteiger partial charge in [-0.05, 0) is 12.1 Å². The molecule has 120 valence electrons. The minimum absolute atomic E-state index is 0.115. The summed E-state index contributed by atoms with van der Waals surface area (Å²) in [5.74, 6) is -0.393. The molecule has 0 saturated carbocycles. The summed E-state index contributed by atoms with van der Waals surface area (Å²) in [6.45, 7) is 0.349. The summed E-state index contributed by atoms with van der Waals surface area (Å²) < 4.78 is 18.6. The molecule has 1 aliphatic heterocycles. The van der Waals surface area contributed by atoms with Gasteiger partial charge in [-0.1, -0.05) is 18.2 Å². The van der Waals surface area contributed by atoms with Crippen LogP contribution < -0.4 is 15.2 Å². The molecule has 1 aromatic carbocycles. The van der Waals surface area contributed by atoms with Crippen molar-refractivity contribution >= 4 is 22.5 Å². The predicted octanol–water partition coefficient (Wildman–Crippen LogP) is 0.650. The second-order valence-electron chi connectivity index (χ2n) is 5.20. The molecular weight excluding hydrogens is 318 g/mol. The van der Waals surface area contributed by atoms with Gasteiger partial charge in [0.25, 0.3) is 11.4 Å². The van der Waals surface area contributed by atoms with E-state index in [1.54, 1.807) is 44.4 Å². The minimum Gasteiger partial charge on any atom is -0.401 e. The molecule has 0 aliphatic carbocycles. The number of ether oxygens (including phenoxy) is 1. The highest BCUT2D eigenvalue weighted by Crippen LogP contribution is 2.24. The van der Waals surface area contributed by atoms with Crippen molar-refractivity contribution < 1.29 is 13.7 Å². The number of hydrogen-bond acceptors (Lipinski definition) is 6. The zero-order valence-corrected chi connectivity index (χ0v) is 13.5. The third-order valence-electron chi connectivity index (χ3n) is 3.43. The van der Waals surface area contributed by atoms with Crippen molar-refractivity contribution in [1.29, 1.82) is 0 Å². The molecule has 2 aromatic rings. The molecule has 0 spiro atoms. The first-order valence-electron chi connectivity index (χ1n) is 6.97. The van der Waals surface area contributed by atoms with Crippen LogP contribution in [0.15, 0.2) is 40.3 Å². The van der Waals surface area contributed by atoms with Crippen LogP contribution >= 0.6 is 0 Å². The summed E-state index contributed by atoms with van der Waals surface area (Å²) in [6, 6.07) is 8.42. The third-order valence-corrected chi connectivity index (χ3v) is 4.70. The second kappa shape index (κ2) is 5.96. The van der Waals surface area contributed by atoms with E-state index in [4.69, 9.17) is 4.74 Å². The normalized spacial score (nSPS) is 16.0. The maximum Gasteiger partial charge on any atom is 0.344 e. The Bertz CT molecular complexity index is 846. The zero-order valence-electron chi connectivity index (χ0n) is 12.7. The molecule has 1 aromatic heterocycles. The van der Waals surface area contributed by atoms with Crippen molar-refractivity contribution in [2.24, 2.45) is 0 Å².